The molecule has 1 fully saturated rings. The molecule has 0 bridgehead atoms. The summed E-state index contributed by atoms with van der Waals surface area (Å²) in [6, 6.07) is 0. The van der Waals surface area contributed by atoms with Crippen molar-refractivity contribution in [3.8, 4) is 0 Å². The maximum absolute atomic E-state index is 10.9. The number of hydrogen-bond acceptors (Lipinski definition) is 7. The monoisotopic (exact) mass is 263 g/mol. The molecule has 0 aliphatic carbocycles. The van der Waals surface area contributed by atoms with Crippen LogP contribution in [0.4, 0.5) is 10.3 Å². The lowest BCUT2D eigenvalue weighted by Crippen LogP contribution is -2.26. The summed E-state index contributed by atoms with van der Waals surface area (Å²) in [6.07, 6.45) is 0.802. The average Bonchev–Trinajstić information content (AvgIpc) is 2.71. The fourth-order valence-corrected chi connectivity index (χ4v) is 3.40. The molecule has 7 nitrogen and oxygen atoms in total. The van der Waals surface area contributed by atoms with Crippen LogP contribution in [0.1, 0.15) is 6.42 Å². The van der Waals surface area contributed by atoms with Crippen LogP contribution in [0.5, 0.6) is 0 Å². The Hall–Kier alpha value is -0.930. The van der Waals surface area contributed by atoms with Crippen LogP contribution >= 0.6 is 11.3 Å². The Labute approximate surface area is 97.5 Å². The lowest BCUT2D eigenvalue weighted by Gasteiger charge is -2.13. The van der Waals surface area contributed by atoms with Gasteiger partial charge in [0, 0.05) is 13.1 Å². The van der Waals surface area contributed by atoms with Crippen molar-refractivity contribution in [2.45, 2.75) is 6.42 Å². The van der Waals surface area contributed by atoms with Crippen LogP contribution in [0.2, 0.25) is 0 Å². The van der Waals surface area contributed by atoms with E-state index in [2.05, 4.69) is 10.2 Å². The third-order valence-corrected chi connectivity index (χ3v) is 4.20. The molecule has 1 aliphatic heterocycles. The van der Waals surface area contributed by atoms with Crippen molar-refractivity contribution in [2.75, 3.05) is 29.5 Å². The summed E-state index contributed by atoms with van der Waals surface area (Å²) in [5, 5.41) is 13.8. The third kappa shape index (κ3) is 2.80. The summed E-state index contributed by atoms with van der Waals surface area (Å²) < 4.78 is 21.9. The van der Waals surface area contributed by atoms with Gasteiger partial charge in [0.25, 0.3) is 0 Å². The topological polar surface area (TPSA) is 115 Å². The number of aromatic nitrogens is 2. The molecular weight excluding hydrogens is 250 g/mol. The summed E-state index contributed by atoms with van der Waals surface area (Å²) in [5.74, 6) is 0.0951. The van der Waals surface area contributed by atoms with E-state index in [1.165, 1.54) is 11.3 Å². The minimum absolute atomic E-state index is 0.0256. The fraction of sp³-hybridized carbons (Fsp3) is 0.714. The molecule has 9 heteroatoms. The first-order valence-corrected chi connectivity index (χ1v) is 7.31. The zero-order chi connectivity index (χ0) is 11.8. The molecule has 0 amide bonds. The summed E-state index contributed by atoms with van der Waals surface area (Å²) in [7, 11) is -3.39. The van der Waals surface area contributed by atoms with Crippen LogP contribution in [0.25, 0.3) is 0 Å². The molecule has 2 heterocycles. The molecule has 1 unspecified atom stereocenters. The molecule has 1 saturated heterocycles. The van der Waals surface area contributed by atoms with Crippen LogP contribution < -0.4 is 15.8 Å². The highest BCUT2D eigenvalue weighted by Crippen LogP contribution is 2.27. The van der Waals surface area contributed by atoms with Crippen LogP contribution in [0, 0.1) is 5.92 Å². The molecule has 0 spiro atoms. The third-order valence-electron chi connectivity index (χ3n) is 2.45. The van der Waals surface area contributed by atoms with Gasteiger partial charge >= 0.3 is 0 Å². The standard InChI is InChI=1S/C7H13N5O2S2/c8-6-10-11-7(15-6)12-2-1-5(3-12)4-16(9,13)14/h5H,1-4H2,(H2,8,10)(H2,9,13,14). The number of rotatable bonds is 3. The molecule has 1 aromatic heterocycles. The van der Waals surface area contributed by atoms with Gasteiger partial charge in [0.2, 0.25) is 20.3 Å². The van der Waals surface area contributed by atoms with Gasteiger partial charge in [0.15, 0.2) is 0 Å². The van der Waals surface area contributed by atoms with Crippen molar-refractivity contribution in [2.24, 2.45) is 11.1 Å². The summed E-state index contributed by atoms with van der Waals surface area (Å²) in [4.78, 5) is 1.99. The summed E-state index contributed by atoms with van der Waals surface area (Å²) in [6.45, 7) is 1.42. The van der Waals surface area contributed by atoms with Crippen LogP contribution in [0.15, 0.2) is 0 Å². The van der Waals surface area contributed by atoms with Gasteiger partial charge < -0.3 is 10.6 Å². The molecule has 0 radical (unpaired) electrons. The van der Waals surface area contributed by atoms with Gasteiger partial charge in [-0.3, -0.25) is 0 Å². The molecule has 0 saturated carbocycles. The van der Waals surface area contributed by atoms with Gasteiger partial charge in [-0.2, -0.15) is 0 Å². The fourth-order valence-electron chi connectivity index (χ4n) is 1.83. The van der Waals surface area contributed by atoms with Crippen LogP contribution in [-0.2, 0) is 10.0 Å². The van der Waals surface area contributed by atoms with E-state index in [-0.39, 0.29) is 11.7 Å². The second-order valence-corrected chi connectivity index (χ2v) is 6.50. The van der Waals surface area contributed by atoms with Gasteiger partial charge in [-0.1, -0.05) is 11.3 Å². The zero-order valence-corrected chi connectivity index (χ0v) is 10.2. The van der Waals surface area contributed by atoms with Gasteiger partial charge in [0.1, 0.15) is 0 Å². The quantitative estimate of drug-likeness (QED) is 0.740. The molecule has 2 rings (SSSR count). The smallest absolute Gasteiger partial charge is 0.209 e. The number of nitrogens with zero attached hydrogens (tertiary/aromatic N) is 3. The van der Waals surface area contributed by atoms with Crippen LogP contribution in [-0.4, -0.2) is 37.5 Å². The van der Waals surface area contributed by atoms with Crippen molar-refractivity contribution in [3.05, 3.63) is 0 Å². The molecule has 0 aromatic carbocycles. The first-order chi connectivity index (χ1) is 7.44. The molecule has 4 N–H and O–H groups in total. The van der Waals surface area contributed by atoms with E-state index in [4.69, 9.17) is 10.9 Å². The van der Waals surface area contributed by atoms with Gasteiger partial charge in [-0.25, -0.2) is 13.6 Å². The van der Waals surface area contributed by atoms with E-state index < -0.39 is 10.0 Å². The molecule has 16 heavy (non-hydrogen) atoms. The van der Waals surface area contributed by atoms with E-state index in [1.54, 1.807) is 0 Å². The molecule has 1 aliphatic rings. The highest BCUT2D eigenvalue weighted by atomic mass is 32.2. The predicted octanol–water partition coefficient (Wildman–Crippen LogP) is -0.765. The lowest BCUT2D eigenvalue weighted by molar-refractivity contribution is 0.573. The first kappa shape index (κ1) is 11.6. The second-order valence-electron chi connectivity index (χ2n) is 3.85. The van der Waals surface area contributed by atoms with Crippen molar-refractivity contribution in [1.29, 1.82) is 0 Å². The summed E-state index contributed by atoms with van der Waals surface area (Å²) in [5.41, 5.74) is 5.48. The highest BCUT2D eigenvalue weighted by Gasteiger charge is 2.27. The number of nitrogens with two attached hydrogens (primary N) is 2. The molecule has 90 valence electrons. The average molecular weight is 263 g/mol. The van der Waals surface area contributed by atoms with E-state index in [0.717, 1.165) is 18.1 Å². The van der Waals surface area contributed by atoms with Gasteiger partial charge in [-0.15, -0.1) is 10.2 Å². The number of primary sulfonamides is 1. The minimum atomic E-state index is -3.39. The van der Waals surface area contributed by atoms with Gasteiger partial charge in [-0.05, 0) is 12.3 Å². The largest absolute Gasteiger partial charge is 0.374 e. The predicted molar refractivity (Wildman–Crippen MR) is 62.6 cm³/mol. The number of sulfonamides is 1. The maximum Gasteiger partial charge on any atom is 0.209 e. The van der Waals surface area contributed by atoms with E-state index >= 15 is 0 Å². The molecular formula is C7H13N5O2S2. The highest BCUT2D eigenvalue weighted by molar-refractivity contribution is 7.89. The van der Waals surface area contributed by atoms with Crippen molar-refractivity contribution < 1.29 is 8.42 Å². The SMILES string of the molecule is Nc1nnc(N2CCC(CS(N)(=O)=O)C2)s1. The minimum Gasteiger partial charge on any atom is -0.374 e. The molecule has 1 atom stereocenters. The van der Waals surface area contributed by atoms with E-state index in [9.17, 15) is 8.42 Å². The van der Waals surface area contributed by atoms with Crippen molar-refractivity contribution in [3.63, 3.8) is 0 Å². The molecule has 1 aromatic rings. The Morgan fingerprint density at radius 2 is 2.25 bits per heavy atom. The second kappa shape index (κ2) is 4.15. The van der Waals surface area contributed by atoms with Crippen molar-refractivity contribution >= 4 is 31.6 Å². The Morgan fingerprint density at radius 1 is 1.50 bits per heavy atom. The zero-order valence-electron chi connectivity index (χ0n) is 8.54. The lowest BCUT2D eigenvalue weighted by atomic mass is 10.2. The van der Waals surface area contributed by atoms with E-state index in [1.807, 2.05) is 4.90 Å². The Morgan fingerprint density at radius 3 is 2.81 bits per heavy atom. The van der Waals surface area contributed by atoms with Crippen LogP contribution in [0.3, 0.4) is 0 Å². The van der Waals surface area contributed by atoms with E-state index in [0.29, 0.717) is 11.7 Å². The Bertz CT molecular complexity index is 471. The maximum atomic E-state index is 10.9. The normalized spacial score (nSPS) is 21.6. The number of hydrogen-bond donors (Lipinski definition) is 2. The summed E-state index contributed by atoms with van der Waals surface area (Å²) >= 11 is 1.31. The van der Waals surface area contributed by atoms with Crippen molar-refractivity contribution in [1.82, 2.24) is 10.2 Å². The Kier molecular flexibility index (Phi) is 3.00. The number of anilines is 2. The first-order valence-electron chi connectivity index (χ1n) is 4.78. The van der Waals surface area contributed by atoms with Gasteiger partial charge in [0.05, 0.1) is 5.75 Å². The number of nitrogen functional groups attached to an aromatic ring is 1. The Balaban J connectivity index is 1.98.